The number of benzene rings is 2. The molecule has 1 aliphatic heterocycles. The largest absolute Gasteiger partial charge is 0.490 e. The van der Waals surface area contributed by atoms with Crippen LogP contribution in [0.2, 0.25) is 5.15 Å². The summed E-state index contributed by atoms with van der Waals surface area (Å²) in [6.07, 6.45) is -4.30. The standard InChI is InChI=1S/C23H21ClFN5O3.C2HF3O2/c24-20-8-9-21(28-27-20)30-11-3-10-29(12-13-30)19-7-6-15(14-17(19)23(32)33)26-22(31)16-4-1-2-5-18(16)25;3-2(4,5)1(6)7/h1-2,4-9,14H,3,10-13H2,(H,26,31)(H,32,33);(H,6,7). The number of rotatable bonds is 5. The quantitative estimate of drug-likeness (QED) is 0.369. The van der Waals surface area contributed by atoms with E-state index >= 15 is 0 Å². The van der Waals surface area contributed by atoms with Crippen molar-refractivity contribution < 1.29 is 42.2 Å². The predicted octanol–water partition coefficient (Wildman–Crippen LogP) is 4.57. The third-order valence-electron chi connectivity index (χ3n) is 5.62. The summed E-state index contributed by atoms with van der Waals surface area (Å²) in [4.78, 5) is 37.4. The Hall–Kier alpha value is -4.46. The molecular formula is C25H22ClF4N5O5. The van der Waals surface area contributed by atoms with Crippen LogP contribution in [-0.4, -0.2) is 70.6 Å². The first-order valence-corrected chi connectivity index (χ1v) is 12.0. The Bertz CT molecular complexity index is 1370. The number of nitrogens with one attached hydrogen (secondary N) is 1. The minimum Gasteiger partial charge on any atom is -0.478 e. The van der Waals surface area contributed by atoms with Crippen molar-refractivity contribution >= 4 is 46.6 Å². The maximum absolute atomic E-state index is 13.9. The Morgan fingerprint density at radius 2 is 1.52 bits per heavy atom. The van der Waals surface area contributed by atoms with Crippen LogP contribution in [-0.2, 0) is 4.79 Å². The number of nitrogens with zero attached hydrogens (tertiary/aromatic N) is 4. The average Bonchev–Trinajstić information content (AvgIpc) is 3.15. The lowest BCUT2D eigenvalue weighted by Crippen LogP contribution is -2.32. The number of aromatic carboxylic acids is 1. The van der Waals surface area contributed by atoms with E-state index in [1.807, 2.05) is 4.90 Å². The molecule has 1 amide bonds. The first-order valence-electron chi connectivity index (χ1n) is 11.6. The molecule has 2 aromatic carbocycles. The summed E-state index contributed by atoms with van der Waals surface area (Å²) >= 11 is 5.82. The second-order valence-corrected chi connectivity index (χ2v) is 8.70. The normalized spacial score (nSPS) is 13.5. The molecule has 2 heterocycles. The van der Waals surface area contributed by atoms with E-state index in [9.17, 15) is 32.3 Å². The number of amides is 1. The zero-order valence-electron chi connectivity index (χ0n) is 20.5. The molecule has 0 saturated carbocycles. The zero-order valence-corrected chi connectivity index (χ0v) is 21.3. The van der Waals surface area contributed by atoms with Crippen molar-refractivity contribution in [3.05, 3.63) is 76.7 Å². The molecule has 212 valence electrons. The van der Waals surface area contributed by atoms with Gasteiger partial charge in [-0.3, -0.25) is 4.79 Å². The average molecular weight is 584 g/mol. The molecule has 0 aliphatic carbocycles. The van der Waals surface area contributed by atoms with Crippen LogP contribution < -0.4 is 15.1 Å². The van der Waals surface area contributed by atoms with Crippen molar-refractivity contribution in [3.8, 4) is 0 Å². The van der Waals surface area contributed by atoms with E-state index in [4.69, 9.17) is 21.5 Å². The second kappa shape index (κ2) is 13.1. The maximum atomic E-state index is 13.9. The molecule has 1 aliphatic rings. The number of carbonyl (C=O) groups excluding carboxylic acids is 1. The number of anilines is 3. The molecule has 15 heteroatoms. The van der Waals surface area contributed by atoms with Crippen molar-refractivity contribution in [2.24, 2.45) is 0 Å². The van der Waals surface area contributed by atoms with E-state index in [0.717, 1.165) is 13.0 Å². The number of aromatic nitrogens is 2. The Balaban J connectivity index is 0.000000559. The molecule has 0 radical (unpaired) electrons. The molecule has 1 fully saturated rings. The topological polar surface area (TPSA) is 136 Å². The van der Waals surface area contributed by atoms with Gasteiger partial charge in [-0.25, -0.2) is 14.0 Å². The van der Waals surface area contributed by atoms with Crippen LogP contribution in [0.5, 0.6) is 0 Å². The molecule has 3 N–H and O–H groups in total. The number of hydrogen-bond donors (Lipinski definition) is 3. The van der Waals surface area contributed by atoms with Gasteiger partial charge < -0.3 is 25.3 Å². The van der Waals surface area contributed by atoms with Crippen LogP contribution in [0.4, 0.5) is 34.8 Å². The summed E-state index contributed by atoms with van der Waals surface area (Å²) in [5, 5.41) is 27.8. The lowest BCUT2D eigenvalue weighted by atomic mass is 10.1. The minimum atomic E-state index is -5.08. The minimum absolute atomic E-state index is 0.0565. The summed E-state index contributed by atoms with van der Waals surface area (Å²) in [6, 6.07) is 13.8. The van der Waals surface area contributed by atoms with Crippen LogP contribution in [0.1, 0.15) is 27.1 Å². The van der Waals surface area contributed by atoms with Gasteiger partial charge in [-0.15, -0.1) is 10.2 Å². The van der Waals surface area contributed by atoms with Crippen LogP contribution in [0, 0.1) is 5.82 Å². The number of hydrogen-bond acceptors (Lipinski definition) is 7. The van der Waals surface area contributed by atoms with Crippen molar-refractivity contribution in [2.45, 2.75) is 12.6 Å². The Morgan fingerprint density at radius 3 is 2.12 bits per heavy atom. The van der Waals surface area contributed by atoms with Gasteiger partial charge in [-0.1, -0.05) is 23.7 Å². The number of alkyl halides is 3. The predicted molar refractivity (Wildman–Crippen MR) is 138 cm³/mol. The SMILES string of the molecule is O=C(Nc1ccc(N2CCCN(c3ccc(Cl)nn3)CC2)c(C(=O)O)c1)c1ccccc1F.O=C(O)C(F)(F)F. The Morgan fingerprint density at radius 1 is 0.875 bits per heavy atom. The summed E-state index contributed by atoms with van der Waals surface area (Å²) in [5.41, 5.74) is 0.769. The molecule has 0 bridgehead atoms. The summed E-state index contributed by atoms with van der Waals surface area (Å²) in [6.45, 7) is 2.59. The van der Waals surface area contributed by atoms with Crippen LogP contribution in [0.25, 0.3) is 0 Å². The zero-order chi connectivity index (χ0) is 29.4. The lowest BCUT2D eigenvalue weighted by molar-refractivity contribution is -0.192. The van der Waals surface area contributed by atoms with Crippen LogP contribution in [0.3, 0.4) is 0 Å². The van der Waals surface area contributed by atoms with E-state index in [0.29, 0.717) is 36.3 Å². The van der Waals surface area contributed by atoms with E-state index < -0.39 is 29.8 Å². The third kappa shape index (κ3) is 8.02. The highest BCUT2D eigenvalue weighted by molar-refractivity contribution is 6.29. The molecule has 40 heavy (non-hydrogen) atoms. The molecule has 0 spiro atoms. The van der Waals surface area contributed by atoms with Crippen molar-refractivity contribution in [1.29, 1.82) is 0 Å². The highest BCUT2D eigenvalue weighted by Gasteiger charge is 2.38. The van der Waals surface area contributed by atoms with Gasteiger partial charge in [0, 0.05) is 31.9 Å². The summed E-state index contributed by atoms with van der Waals surface area (Å²) in [5.74, 6) is -4.45. The van der Waals surface area contributed by atoms with Gasteiger partial charge in [0.1, 0.15) is 5.82 Å². The highest BCUT2D eigenvalue weighted by atomic mass is 35.5. The van der Waals surface area contributed by atoms with E-state index in [1.165, 1.54) is 24.3 Å². The molecule has 1 aromatic heterocycles. The van der Waals surface area contributed by atoms with Crippen molar-refractivity contribution in [1.82, 2.24) is 10.2 Å². The first-order chi connectivity index (χ1) is 18.9. The number of carboxylic acids is 2. The fourth-order valence-electron chi connectivity index (χ4n) is 3.77. The monoisotopic (exact) mass is 583 g/mol. The molecule has 0 atom stereocenters. The van der Waals surface area contributed by atoms with Gasteiger partial charge in [0.2, 0.25) is 0 Å². The number of carboxylic acid groups (broad SMARTS) is 2. The fourth-order valence-corrected chi connectivity index (χ4v) is 3.87. The first kappa shape index (κ1) is 30.1. The lowest BCUT2D eigenvalue weighted by Gasteiger charge is -2.25. The van der Waals surface area contributed by atoms with Gasteiger partial charge in [-0.05, 0) is 48.9 Å². The fraction of sp³-hybridized carbons (Fsp3) is 0.240. The van der Waals surface area contributed by atoms with Gasteiger partial charge in [0.25, 0.3) is 5.91 Å². The van der Waals surface area contributed by atoms with E-state index in [-0.39, 0.29) is 16.8 Å². The van der Waals surface area contributed by atoms with Gasteiger partial charge in [0.15, 0.2) is 11.0 Å². The van der Waals surface area contributed by atoms with Crippen molar-refractivity contribution in [3.63, 3.8) is 0 Å². The maximum Gasteiger partial charge on any atom is 0.490 e. The van der Waals surface area contributed by atoms with Gasteiger partial charge in [0.05, 0.1) is 16.8 Å². The number of halogens is 5. The van der Waals surface area contributed by atoms with E-state index in [1.54, 1.807) is 30.3 Å². The molecule has 10 nitrogen and oxygen atoms in total. The van der Waals surface area contributed by atoms with E-state index in [2.05, 4.69) is 20.4 Å². The smallest absolute Gasteiger partial charge is 0.478 e. The summed E-state index contributed by atoms with van der Waals surface area (Å²) < 4.78 is 45.6. The Labute approximate surface area is 229 Å². The second-order valence-electron chi connectivity index (χ2n) is 8.32. The molecule has 1 saturated heterocycles. The molecule has 3 aromatic rings. The van der Waals surface area contributed by atoms with Gasteiger partial charge >= 0.3 is 18.1 Å². The number of carbonyl (C=O) groups is 3. The summed E-state index contributed by atoms with van der Waals surface area (Å²) in [7, 11) is 0. The van der Waals surface area contributed by atoms with Crippen molar-refractivity contribution in [2.75, 3.05) is 41.3 Å². The molecular weight excluding hydrogens is 562 g/mol. The van der Waals surface area contributed by atoms with Crippen LogP contribution in [0.15, 0.2) is 54.6 Å². The Kier molecular flexibility index (Phi) is 9.82. The third-order valence-corrected chi connectivity index (χ3v) is 5.83. The number of aliphatic carboxylic acids is 1. The van der Waals surface area contributed by atoms with Crippen LogP contribution >= 0.6 is 11.6 Å². The molecule has 0 unspecified atom stereocenters. The molecule has 4 rings (SSSR count). The van der Waals surface area contributed by atoms with Gasteiger partial charge in [-0.2, -0.15) is 13.2 Å². The highest BCUT2D eigenvalue weighted by Crippen LogP contribution is 2.27.